The van der Waals surface area contributed by atoms with Crippen LogP contribution >= 0.6 is 0 Å². The van der Waals surface area contributed by atoms with Gasteiger partial charge in [0.05, 0.1) is 0 Å². The zero-order valence-corrected chi connectivity index (χ0v) is 12.7. The summed E-state index contributed by atoms with van der Waals surface area (Å²) in [6.07, 6.45) is 4.22. The van der Waals surface area contributed by atoms with Crippen LogP contribution in [0.15, 0.2) is 18.2 Å². The number of hydrogen-bond acceptors (Lipinski definition) is 0. The standard InChI is InChI=1S/C18H28/c1-12(2)15-9-7-10-16(13(3)4)18(15)17-11-6-8-14(17)5/h7,9-10,12-14,17H,6,8,11H2,1-5H3. The van der Waals surface area contributed by atoms with E-state index in [0.717, 1.165) is 11.8 Å². The normalized spacial score (nSPS) is 24.2. The maximum atomic E-state index is 2.44. The van der Waals surface area contributed by atoms with Gasteiger partial charge >= 0.3 is 0 Å². The molecule has 0 aromatic heterocycles. The summed E-state index contributed by atoms with van der Waals surface area (Å²) in [7, 11) is 0. The van der Waals surface area contributed by atoms with Crippen molar-refractivity contribution >= 4 is 0 Å². The van der Waals surface area contributed by atoms with E-state index in [0.29, 0.717) is 11.8 Å². The Labute approximate surface area is 113 Å². The molecule has 0 spiro atoms. The summed E-state index contributed by atoms with van der Waals surface area (Å²) >= 11 is 0. The highest BCUT2D eigenvalue weighted by atomic mass is 14.3. The molecule has 0 nitrogen and oxygen atoms in total. The van der Waals surface area contributed by atoms with Crippen molar-refractivity contribution < 1.29 is 0 Å². The molecule has 2 atom stereocenters. The summed E-state index contributed by atoms with van der Waals surface area (Å²) in [5.74, 6) is 2.96. The van der Waals surface area contributed by atoms with E-state index in [4.69, 9.17) is 0 Å². The molecule has 1 aliphatic carbocycles. The molecule has 0 aliphatic heterocycles. The van der Waals surface area contributed by atoms with Gasteiger partial charge in [0.15, 0.2) is 0 Å². The van der Waals surface area contributed by atoms with Crippen LogP contribution in [0, 0.1) is 5.92 Å². The molecule has 2 unspecified atom stereocenters. The lowest BCUT2D eigenvalue weighted by Gasteiger charge is -2.26. The minimum atomic E-state index is 0.645. The van der Waals surface area contributed by atoms with Crippen LogP contribution in [-0.2, 0) is 0 Å². The highest BCUT2D eigenvalue weighted by Crippen LogP contribution is 2.44. The van der Waals surface area contributed by atoms with Crippen molar-refractivity contribution in [2.75, 3.05) is 0 Å². The predicted octanol–water partition coefficient (Wildman–Crippen LogP) is 5.84. The van der Waals surface area contributed by atoms with Crippen LogP contribution in [0.5, 0.6) is 0 Å². The van der Waals surface area contributed by atoms with Gasteiger partial charge in [-0.2, -0.15) is 0 Å². The van der Waals surface area contributed by atoms with E-state index >= 15 is 0 Å². The van der Waals surface area contributed by atoms with E-state index in [9.17, 15) is 0 Å². The largest absolute Gasteiger partial charge is 0.0619 e. The van der Waals surface area contributed by atoms with Crippen LogP contribution < -0.4 is 0 Å². The molecule has 1 aliphatic rings. The van der Waals surface area contributed by atoms with Crippen LogP contribution in [0.1, 0.15) is 88.3 Å². The molecule has 1 aromatic carbocycles. The van der Waals surface area contributed by atoms with Crippen LogP contribution in [0.4, 0.5) is 0 Å². The first kappa shape index (κ1) is 13.6. The van der Waals surface area contributed by atoms with Gasteiger partial charge in [-0.25, -0.2) is 0 Å². The van der Waals surface area contributed by atoms with Gasteiger partial charge in [-0.1, -0.05) is 65.7 Å². The lowest BCUT2D eigenvalue weighted by molar-refractivity contribution is 0.521. The number of benzene rings is 1. The van der Waals surface area contributed by atoms with Gasteiger partial charge in [0.2, 0.25) is 0 Å². The smallest absolute Gasteiger partial charge is 0.0131 e. The van der Waals surface area contributed by atoms with Crippen molar-refractivity contribution in [1.29, 1.82) is 0 Å². The van der Waals surface area contributed by atoms with Gasteiger partial charge < -0.3 is 0 Å². The number of hydrogen-bond donors (Lipinski definition) is 0. The third-order valence-electron chi connectivity index (χ3n) is 4.65. The van der Waals surface area contributed by atoms with E-state index in [-0.39, 0.29) is 0 Å². The lowest BCUT2D eigenvalue weighted by Crippen LogP contribution is -2.11. The Balaban J connectivity index is 2.53. The fourth-order valence-corrected chi connectivity index (χ4v) is 3.61. The Kier molecular flexibility index (Phi) is 4.14. The average Bonchev–Trinajstić information content (AvgIpc) is 2.74. The maximum absolute atomic E-state index is 2.44. The van der Waals surface area contributed by atoms with E-state index < -0.39 is 0 Å². The van der Waals surface area contributed by atoms with Gasteiger partial charge in [0.25, 0.3) is 0 Å². The molecule has 0 saturated heterocycles. The molecule has 2 rings (SSSR count). The Morgan fingerprint density at radius 2 is 1.50 bits per heavy atom. The summed E-state index contributed by atoms with van der Waals surface area (Å²) < 4.78 is 0. The molecule has 0 radical (unpaired) electrons. The summed E-state index contributed by atoms with van der Waals surface area (Å²) in [5, 5.41) is 0. The molecule has 1 saturated carbocycles. The third-order valence-corrected chi connectivity index (χ3v) is 4.65. The predicted molar refractivity (Wildman–Crippen MR) is 80.4 cm³/mol. The molecular weight excluding hydrogens is 216 g/mol. The molecule has 1 aromatic rings. The minimum absolute atomic E-state index is 0.645. The Hall–Kier alpha value is -0.780. The molecule has 0 heteroatoms. The SMILES string of the molecule is CC(C)c1cccc(C(C)C)c1C1CCCC1C. The van der Waals surface area contributed by atoms with Gasteiger partial charge in [-0.05, 0) is 46.8 Å². The molecule has 0 bridgehead atoms. The Bertz CT molecular complexity index is 374. The van der Waals surface area contributed by atoms with Crippen LogP contribution in [0.3, 0.4) is 0 Å². The fraction of sp³-hybridized carbons (Fsp3) is 0.667. The first-order chi connectivity index (χ1) is 8.52. The Morgan fingerprint density at radius 3 is 1.89 bits per heavy atom. The van der Waals surface area contributed by atoms with E-state index in [1.54, 1.807) is 16.7 Å². The van der Waals surface area contributed by atoms with Gasteiger partial charge in [0.1, 0.15) is 0 Å². The zero-order valence-electron chi connectivity index (χ0n) is 12.7. The average molecular weight is 244 g/mol. The zero-order chi connectivity index (χ0) is 13.3. The van der Waals surface area contributed by atoms with Crippen molar-refractivity contribution in [3.8, 4) is 0 Å². The summed E-state index contributed by atoms with van der Waals surface area (Å²) in [4.78, 5) is 0. The molecular formula is C18H28. The molecule has 1 fully saturated rings. The quantitative estimate of drug-likeness (QED) is 0.627. The lowest BCUT2D eigenvalue weighted by atomic mass is 9.78. The summed E-state index contributed by atoms with van der Waals surface area (Å²) in [6, 6.07) is 6.97. The van der Waals surface area contributed by atoms with Crippen molar-refractivity contribution in [2.24, 2.45) is 5.92 Å². The first-order valence-corrected chi connectivity index (χ1v) is 7.65. The first-order valence-electron chi connectivity index (χ1n) is 7.65. The van der Waals surface area contributed by atoms with Gasteiger partial charge in [-0.3, -0.25) is 0 Å². The summed E-state index contributed by atoms with van der Waals surface area (Å²) in [5.41, 5.74) is 4.90. The second kappa shape index (κ2) is 5.47. The topological polar surface area (TPSA) is 0 Å². The maximum Gasteiger partial charge on any atom is -0.0131 e. The Morgan fingerprint density at radius 1 is 0.944 bits per heavy atom. The van der Waals surface area contributed by atoms with Crippen LogP contribution in [-0.4, -0.2) is 0 Å². The van der Waals surface area contributed by atoms with E-state index in [1.165, 1.54) is 19.3 Å². The molecule has 0 amide bonds. The van der Waals surface area contributed by atoms with Gasteiger partial charge in [0, 0.05) is 0 Å². The number of rotatable bonds is 3. The van der Waals surface area contributed by atoms with Crippen molar-refractivity contribution in [3.63, 3.8) is 0 Å². The molecule has 18 heavy (non-hydrogen) atoms. The van der Waals surface area contributed by atoms with Crippen molar-refractivity contribution in [3.05, 3.63) is 34.9 Å². The highest BCUT2D eigenvalue weighted by Gasteiger charge is 2.29. The van der Waals surface area contributed by atoms with Crippen molar-refractivity contribution in [2.45, 2.75) is 71.6 Å². The second-order valence-electron chi connectivity index (χ2n) is 6.67. The summed E-state index contributed by atoms with van der Waals surface area (Å²) in [6.45, 7) is 11.8. The third kappa shape index (κ3) is 2.48. The van der Waals surface area contributed by atoms with E-state index in [2.05, 4.69) is 52.8 Å². The molecule has 0 N–H and O–H groups in total. The van der Waals surface area contributed by atoms with E-state index in [1.807, 2.05) is 0 Å². The minimum Gasteiger partial charge on any atom is -0.0619 e. The highest BCUT2D eigenvalue weighted by molar-refractivity contribution is 5.42. The van der Waals surface area contributed by atoms with Gasteiger partial charge in [-0.15, -0.1) is 0 Å². The second-order valence-corrected chi connectivity index (χ2v) is 6.67. The fourth-order valence-electron chi connectivity index (χ4n) is 3.61. The monoisotopic (exact) mass is 244 g/mol. The van der Waals surface area contributed by atoms with Crippen molar-refractivity contribution in [1.82, 2.24) is 0 Å². The van der Waals surface area contributed by atoms with Crippen LogP contribution in [0.2, 0.25) is 0 Å². The van der Waals surface area contributed by atoms with Crippen LogP contribution in [0.25, 0.3) is 0 Å². The molecule has 0 heterocycles. The molecule has 100 valence electrons.